The Hall–Kier alpha value is -2.06. The number of carbonyl (C=O) groups is 2. The minimum atomic E-state index is -0.549. The van der Waals surface area contributed by atoms with Gasteiger partial charge in [0.2, 0.25) is 11.8 Å². The largest absolute Gasteiger partial charge is 0.376 e. The lowest BCUT2D eigenvalue weighted by molar-refractivity contribution is -0.129. The quantitative estimate of drug-likeness (QED) is 0.625. The molecule has 0 aromatic heterocycles. The summed E-state index contributed by atoms with van der Waals surface area (Å²) in [6, 6.07) is 14.2. The summed E-state index contributed by atoms with van der Waals surface area (Å²) in [5.41, 5.74) is 1.29. The van der Waals surface area contributed by atoms with Crippen LogP contribution in [0.5, 0.6) is 0 Å². The summed E-state index contributed by atoms with van der Waals surface area (Å²) in [6.45, 7) is 1.12. The van der Waals surface area contributed by atoms with Crippen LogP contribution in [0.4, 0.5) is 11.4 Å². The lowest BCUT2D eigenvalue weighted by atomic mass is 10.2. The Morgan fingerprint density at radius 3 is 2.71 bits per heavy atom. The number of hydrogen-bond donors (Lipinski definition) is 1. The van der Waals surface area contributed by atoms with Crippen molar-refractivity contribution in [1.82, 2.24) is 4.90 Å². The van der Waals surface area contributed by atoms with Gasteiger partial charge in [-0.05, 0) is 43.2 Å². The predicted molar refractivity (Wildman–Crippen MR) is 125 cm³/mol. The molecule has 2 aliphatic heterocycles. The molecule has 2 amide bonds. The van der Waals surface area contributed by atoms with Gasteiger partial charge < -0.3 is 10.1 Å². The molecule has 6 nitrogen and oxygen atoms in total. The number of rotatable bonds is 6. The molecule has 0 aliphatic carbocycles. The third kappa shape index (κ3) is 5.60. The molecule has 31 heavy (non-hydrogen) atoms. The molecule has 2 aromatic carbocycles. The number of carbonyl (C=O) groups excluding carboxylic acids is 2. The average Bonchev–Trinajstić information content (AvgIpc) is 3.36. The fourth-order valence-corrected chi connectivity index (χ4v) is 4.91. The van der Waals surface area contributed by atoms with Crippen molar-refractivity contribution in [3.63, 3.8) is 0 Å². The number of nitrogens with zero attached hydrogens (tertiary/aromatic N) is 2. The van der Waals surface area contributed by atoms with E-state index in [9.17, 15) is 9.59 Å². The first-order valence-corrected chi connectivity index (χ1v) is 11.6. The lowest BCUT2D eigenvalue weighted by Crippen LogP contribution is -2.38. The lowest BCUT2D eigenvalue weighted by Gasteiger charge is -2.20. The number of ether oxygens (including phenoxy) is 1. The highest BCUT2D eigenvalue weighted by atomic mass is 35.5. The third-order valence-electron chi connectivity index (χ3n) is 4.99. The van der Waals surface area contributed by atoms with Crippen LogP contribution in [0.15, 0.2) is 53.5 Å². The third-order valence-corrected chi connectivity index (χ3v) is 6.90. The molecule has 162 valence electrons. The Bertz CT molecular complexity index is 997. The van der Waals surface area contributed by atoms with Gasteiger partial charge in [-0.3, -0.25) is 14.5 Å². The maximum absolute atomic E-state index is 13.1. The Balaban J connectivity index is 1.52. The Kier molecular flexibility index (Phi) is 7.17. The van der Waals surface area contributed by atoms with Crippen LogP contribution in [-0.4, -0.2) is 46.4 Å². The highest BCUT2D eigenvalue weighted by Gasteiger charge is 2.40. The molecule has 9 heteroatoms. The second kappa shape index (κ2) is 10.0. The van der Waals surface area contributed by atoms with Crippen LogP contribution in [0.2, 0.25) is 10.0 Å². The van der Waals surface area contributed by atoms with Gasteiger partial charge >= 0.3 is 0 Å². The number of anilines is 1. The van der Waals surface area contributed by atoms with Gasteiger partial charge in [0.05, 0.1) is 28.4 Å². The number of halogens is 2. The van der Waals surface area contributed by atoms with Crippen molar-refractivity contribution in [2.24, 2.45) is 4.99 Å². The van der Waals surface area contributed by atoms with Crippen LogP contribution in [0, 0.1) is 0 Å². The number of benzene rings is 2. The van der Waals surface area contributed by atoms with Crippen LogP contribution >= 0.6 is 35.0 Å². The van der Waals surface area contributed by atoms with Crippen molar-refractivity contribution in [3.8, 4) is 0 Å². The van der Waals surface area contributed by atoms with Crippen LogP contribution in [0.3, 0.4) is 0 Å². The van der Waals surface area contributed by atoms with Crippen molar-refractivity contribution in [3.05, 3.63) is 58.6 Å². The minimum Gasteiger partial charge on any atom is -0.376 e. The van der Waals surface area contributed by atoms with E-state index in [0.29, 0.717) is 39.7 Å². The van der Waals surface area contributed by atoms with E-state index < -0.39 is 5.25 Å². The van der Waals surface area contributed by atoms with E-state index in [1.807, 2.05) is 30.3 Å². The van der Waals surface area contributed by atoms with E-state index in [0.717, 1.165) is 12.8 Å². The Labute approximate surface area is 194 Å². The highest BCUT2D eigenvalue weighted by molar-refractivity contribution is 8.15. The molecule has 1 N–H and O–H groups in total. The van der Waals surface area contributed by atoms with Crippen molar-refractivity contribution in [2.75, 3.05) is 18.5 Å². The van der Waals surface area contributed by atoms with Gasteiger partial charge in [-0.15, -0.1) is 0 Å². The number of hydrogen-bond acceptors (Lipinski definition) is 5. The average molecular weight is 478 g/mol. The standard InChI is InChI=1S/C22H21Cl2N3O3S/c23-17-9-8-15(11-18(17)24)26-22-27(13-16-7-4-10-30-16)21(29)19(31-22)12-20(28)25-14-5-2-1-3-6-14/h1-3,5-6,8-9,11,16,19H,4,7,10,12-13H2,(H,25,28). The zero-order valence-corrected chi connectivity index (χ0v) is 18.9. The first-order valence-electron chi connectivity index (χ1n) is 9.98. The highest BCUT2D eigenvalue weighted by Crippen LogP contribution is 2.34. The number of nitrogens with one attached hydrogen (secondary N) is 1. The summed E-state index contributed by atoms with van der Waals surface area (Å²) in [4.78, 5) is 31.9. The Morgan fingerprint density at radius 2 is 2.00 bits per heavy atom. The molecule has 2 heterocycles. The number of thioether (sulfide) groups is 1. The summed E-state index contributed by atoms with van der Waals surface area (Å²) < 4.78 is 5.72. The van der Waals surface area contributed by atoms with Crippen molar-refractivity contribution in [1.29, 1.82) is 0 Å². The second-order valence-corrected chi connectivity index (χ2v) is 9.29. The molecule has 0 bridgehead atoms. The van der Waals surface area contributed by atoms with Crippen molar-refractivity contribution < 1.29 is 14.3 Å². The van der Waals surface area contributed by atoms with Gasteiger partial charge in [0, 0.05) is 18.7 Å². The van der Waals surface area contributed by atoms with E-state index in [1.165, 1.54) is 11.8 Å². The number of amides is 2. The van der Waals surface area contributed by atoms with Crippen molar-refractivity contribution in [2.45, 2.75) is 30.6 Å². The smallest absolute Gasteiger partial charge is 0.242 e. The molecule has 0 spiro atoms. The summed E-state index contributed by atoms with van der Waals surface area (Å²) in [5, 5.41) is 3.65. The van der Waals surface area contributed by atoms with Crippen LogP contribution in [0.25, 0.3) is 0 Å². The fourth-order valence-electron chi connectivity index (χ4n) is 3.45. The number of aliphatic imine (C=N–C) groups is 1. The van der Waals surface area contributed by atoms with E-state index in [4.69, 9.17) is 27.9 Å². The summed E-state index contributed by atoms with van der Waals surface area (Å²) >= 11 is 13.4. The SMILES string of the molecule is O=C(CC1SC(=Nc2ccc(Cl)c(Cl)c2)N(CC2CCCO2)C1=O)Nc1ccccc1. The van der Waals surface area contributed by atoms with Crippen LogP contribution in [0.1, 0.15) is 19.3 Å². The first-order chi connectivity index (χ1) is 15.0. The molecule has 0 saturated carbocycles. The topological polar surface area (TPSA) is 71.0 Å². The maximum Gasteiger partial charge on any atom is 0.242 e. The van der Waals surface area contributed by atoms with E-state index in [-0.39, 0.29) is 24.3 Å². The van der Waals surface area contributed by atoms with Gasteiger partial charge in [0.15, 0.2) is 5.17 Å². The minimum absolute atomic E-state index is 0.0274. The molecule has 4 rings (SSSR count). The molecule has 2 aromatic rings. The van der Waals surface area contributed by atoms with Crippen LogP contribution in [-0.2, 0) is 14.3 Å². The van der Waals surface area contributed by atoms with Crippen LogP contribution < -0.4 is 5.32 Å². The zero-order valence-electron chi connectivity index (χ0n) is 16.6. The van der Waals surface area contributed by atoms with Gasteiger partial charge in [-0.2, -0.15) is 0 Å². The summed E-state index contributed by atoms with van der Waals surface area (Å²) in [5.74, 6) is -0.354. The van der Waals surface area contributed by atoms with Gasteiger partial charge in [0.1, 0.15) is 5.25 Å². The second-order valence-electron chi connectivity index (χ2n) is 7.30. The molecule has 2 saturated heterocycles. The molecule has 0 radical (unpaired) electrons. The van der Waals surface area contributed by atoms with Crippen molar-refractivity contribution >= 4 is 63.3 Å². The molecule has 2 fully saturated rings. The maximum atomic E-state index is 13.1. The first kappa shape index (κ1) is 22.1. The Morgan fingerprint density at radius 1 is 1.19 bits per heavy atom. The molecule has 2 unspecified atom stereocenters. The molecule has 2 atom stereocenters. The molecule has 2 aliphatic rings. The normalized spacial score (nSPS) is 22.3. The molecular weight excluding hydrogens is 457 g/mol. The van der Waals surface area contributed by atoms with Gasteiger partial charge in [0.25, 0.3) is 0 Å². The van der Waals surface area contributed by atoms with Gasteiger partial charge in [-0.25, -0.2) is 4.99 Å². The van der Waals surface area contributed by atoms with E-state index >= 15 is 0 Å². The fraction of sp³-hybridized carbons (Fsp3) is 0.318. The molecular formula is C22H21Cl2N3O3S. The van der Waals surface area contributed by atoms with Gasteiger partial charge in [-0.1, -0.05) is 53.2 Å². The number of para-hydroxylation sites is 1. The monoisotopic (exact) mass is 477 g/mol. The predicted octanol–water partition coefficient (Wildman–Crippen LogP) is 5.13. The number of amidine groups is 1. The zero-order chi connectivity index (χ0) is 21.8. The summed E-state index contributed by atoms with van der Waals surface area (Å²) in [7, 11) is 0. The van der Waals surface area contributed by atoms with E-state index in [1.54, 1.807) is 23.1 Å². The summed E-state index contributed by atoms with van der Waals surface area (Å²) in [6.07, 6.45) is 1.90. The van der Waals surface area contributed by atoms with E-state index in [2.05, 4.69) is 10.3 Å².